The third kappa shape index (κ3) is 4.76. The molecule has 0 unspecified atom stereocenters. The van der Waals surface area contributed by atoms with Crippen molar-refractivity contribution in [1.82, 2.24) is 0 Å². The highest BCUT2D eigenvalue weighted by molar-refractivity contribution is 5.94. The second-order valence-electron chi connectivity index (χ2n) is 7.36. The van der Waals surface area contributed by atoms with Crippen molar-refractivity contribution in [1.29, 1.82) is 0 Å². The topological polar surface area (TPSA) is 52.6 Å². The van der Waals surface area contributed by atoms with Crippen molar-refractivity contribution in [3.8, 4) is 34.1 Å². The van der Waals surface area contributed by atoms with Gasteiger partial charge in [0.25, 0.3) is 0 Å². The first-order valence-electron chi connectivity index (χ1n) is 10.3. The summed E-state index contributed by atoms with van der Waals surface area (Å²) >= 11 is 0. The monoisotopic (exact) mass is 422 g/mol. The number of benzene rings is 4. The molecule has 158 valence electrons. The zero-order valence-corrected chi connectivity index (χ0v) is 17.9. The molecular formula is C28H22O4. The van der Waals surface area contributed by atoms with E-state index < -0.39 is 0 Å². The zero-order valence-electron chi connectivity index (χ0n) is 17.9. The van der Waals surface area contributed by atoms with Gasteiger partial charge < -0.3 is 9.47 Å². The van der Waals surface area contributed by atoms with Crippen LogP contribution in [-0.2, 0) is 0 Å². The van der Waals surface area contributed by atoms with E-state index in [1.54, 1.807) is 48.5 Å². The molecular weight excluding hydrogens is 400 g/mol. The molecule has 4 aromatic carbocycles. The van der Waals surface area contributed by atoms with Crippen molar-refractivity contribution < 1.29 is 19.1 Å². The van der Waals surface area contributed by atoms with Crippen molar-refractivity contribution in [3.63, 3.8) is 0 Å². The molecule has 32 heavy (non-hydrogen) atoms. The normalized spacial score (nSPS) is 10.4. The van der Waals surface area contributed by atoms with Crippen LogP contribution < -0.4 is 9.47 Å². The Balaban J connectivity index is 1.64. The van der Waals surface area contributed by atoms with Crippen LogP contribution in [0.25, 0.3) is 11.1 Å². The van der Waals surface area contributed by atoms with E-state index in [1.807, 2.05) is 48.5 Å². The van der Waals surface area contributed by atoms with E-state index in [0.717, 1.165) is 11.1 Å². The van der Waals surface area contributed by atoms with Crippen LogP contribution in [0, 0.1) is 0 Å². The molecule has 0 saturated heterocycles. The van der Waals surface area contributed by atoms with Gasteiger partial charge in [-0.2, -0.15) is 0 Å². The third-order valence-electron chi connectivity index (χ3n) is 5.04. The Hall–Kier alpha value is -4.18. The Kier molecular flexibility index (Phi) is 6.13. The molecule has 0 aromatic heterocycles. The molecule has 0 radical (unpaired) electrons. The maximum Gasteiger partial charge on any atom is 0.159 e. The van der Waals surface area contributed by atoms with Gasteiger partial charge in [-0.05, 0) is 74.5 Å². The maximum absolute atomic E-state index is 11.5. The summed E-state index contributed by atoms with van der Waals surface area (Å²) < 4.78 is 12.3. The summed E-state index contributed by atoms with van der Waals surface area (Å²) in [6.07, 6.45) is 0. The van der Waals surface area contributed by atoms with Crippen LogP contribution in [0.5, 0.6) is 23.0 Å². The van der Waals surface area contributed by atoms with Crippen molar-refractivity contribution in [3.05, 3.63) is 108 Å². The van der Waals surface area contributed by atoms with Crippen LogP contribution in [0.3, 0.4) is 0 Å². The highest BCUT2D eigenvalue weighted by Crippen LogP contribution is 2.39. The average Bonchev–Trinajstić information content (AvgIpc) is 2.81. The summed E-state index contributed by atoms with van der Waals surface area (Å²) in [5, 5.41) is 0. The van der Waals surface area contributed by atoms with E-state index >= 15 is 0 Å². The van der Waals surface area contributed by atoms with Gasteiger partial charge in [0.05, 0.1) is 0 Å². The van der Waals surface area contributed by atoms with Gasteiger partial charge >= 0.3 is 0 Å². The molecule has 0 atom stereocenters. The highest BCUT2D eigenvalue weighted by Gasteiger charge is 2.13. The quantitative estimate of drug-likeness (QED) is 0.292. The Morgan fingerprint density at radius 2 is 0.844 bits per heavy atom. The summed E-state index contributed by atoms with van der Waals surface area (Å²) in [5.74, 6) is 2.65. The summed E-state index contributed by atoms with van der Waals surface area (Å²) in [7, 11) is 0. The van der Waals surface area contributed by atoms with Gasteiger partial charge in [0.2, 0.25) is 0 Å². The lowest BCUT2D eigenvalue weighted by atomic mass is 10.0. The van der Waals surface area contributed by atoms with E-state index in [1.165, 1.54) is 13.8 Å². The molecule has 0 spiro atoms. The molecule has 0 saturated carbocycles. The summed E-state index contributed by atoms with van der Waals surface area (Å²) in [6, 6.07) is 29.6. The molecule has 0 amide bonds. The van der Waals surface area contributed by atoms with E-state index in [-0.39, 0.29) is 11.6 Å². The molecule has 4 rings (SSSR count). The summed E-state index contributed by atoms with van der Waals surface area (Å²) in [5.41, 5.74) is 3.03. The molecule has 4 heteroatoms. The van der Waals surface area contributed by atoms with Crippen molar-refractivity contribution in [2.45, 2.75) is 13.8 Å². The third-order valence-corrected chi connectivity index (χ3v) is 5.04. The molecule has 0 bridgehead atoms. The smallest absolute Gasteiger partial charge is 0.159 e. The Morgan fingerprint density at radius 3 is 1.19 bits per heavy atom. The van der Waals surface area contributed by atoms with Crippen molar-refractivity contribution in [2.24, 2.45) is 0 Å². The predicted molar refractivity (Wildman–Crippen MR) is 125 cm³/mol. The fourth-order valence-electron chi connectivity index (χ4n) is 3.33. The van der Waals surface area contributed by atoms with Crippen LogP contribution >= 0.6 is 0 Å². The van der Waals surface area contributed by atoms with Crippen LogP contribution in [0.1, 0.15) is 34.6 Å². The first-order valence-corrected chi connectivity index (χ1v) is 10.3. The Bertz CT molecular complexity index is 1150. The van der Waals surface area contributed by atoms with Gasteiger partial charge in [-0.1, -0.05) is 36.4 Å². The Labute approximate surface area is 187 Å². The minimum Gasteiger partial charge on any atom is -0.457 e. The standard InChI is InChI=1S/C28H22O4/c1-19(29)21-11-15-23(16-12-21)31-27-9-5-3-7-25(27)26-8-4-6-10-28(26)32-24-17-13-22(14-18-24)20(2)30/h3-18H,1-2H3. The highest BCUT2D eigenvalue weighted by atomic mass is 16.5. The summed E-state index contributed by atoms with van der Waals surface area (Å²) in [6.45, 7) is 3.07. The fraction of sp³-hybridized carbons (Fsp3) is 0.0714. The zero-order chi connectivity index (χ0) is 22.5. The molecule has 4 aromatic rings. The lowest BCUT2D eigenvalue weighted by molar-refractivity contribution is 0.100. The maximum atomic E-state index is 11.5. The molecule has 0 N–H and O–H groups in total. The Morgan fingerprint density at radius 1 is 0.500 bits per heavy atom. The number of ketones is 2. The van der Waals surface area contributed by atoms with E-state index in [4.69, 9.17) is 9.47 Å². The van der Waals surface area contributed by atoms with Crippen LogP contribution in [0.4, 0.5) is 0 Å². The van der Waals surface area contributed by atoms with E-state index in [0.29, 0.717) is 34.1 Å². The van der Waals surface area contributed by atoms with Crippen molar-refractivity contribution >= 4 is 11.6 Å². The molecule has 0 aliphatic heterocycles. The van der Waals surface area contributed by atoms with Crippen molar-refractivity contribution in [2.75, 3.05) is 0 Å². The average molecular weight is 422 g/mol. The first kappa shape index (κ1) is 21.1. The molecule has 0 aliphatic carbocycles. The van der Waals surface area contributed by atoms with E-state index in [9.17, 15) is 9.59 Å². The predicted octanol–water partition coefficient (Wildman–Crippen LogP) is 7.34. The number of ether oxygens (including phenoxy) is 2. The number of hydrogen-bond donors (Lipinski definition) is 0. The number of para-hydroxylation sites is 2. The number of rotatable bonds is 7. The number of carbonyl (C=O) groups is 2. The van der Waals surface area contributed by atoms with Gasteiger partial charge in [-0.3, -0.25) is 9.59 Å². The molecule has 0 fully saturated rings. The van der Waals surface area contributed by atoms with E-state index in [2.05, 4.69) is 0 Å². The lowest BCUT2D eigenvalue weighted by Crippen LogP contribution is -1.94. The first-order chi connectivity index (χ1) is 15.5. The largest absolute Gasteiger partial charge is 0.457 e. The minimum absolute atomic E-state index is 0.0133. The van der Waals surface area contributed by atoms with Gasteiger partial charge in [-0.15, -0.1) is 0 Å². The lowest BCUT2D eigenvalue weighted by Gasteiger charge is -2.15. The van der Waals surface area contributed by atoms with Gasteiger partial charge in [0.1, 0.15) is 23.0 Å². The second kappa shape index (κ2) is 9.31. The number of hydrogen-bond acceptors (Lipinski definition) is 4. The van der Waals surface area contributed by atoms with Gasteiger partial charge in [0, 0.05) is 22.3 Å². The van der Waals surface area contributed by atoms with Crippen LogP contribution in [0.15, 0.2) is 97.1 Å². The molecule has 0 heterocycles. The second-order valence-corrected chi connectivity index (χ2v) is 7.36. The minimum atomic E-state index is 0.0133. The van der Waals surface area contributed by atoms with Gasteiger partial charge in [-0.25, -0.2) is 0 Å². The SMILES string of the molecule is CC(=O)c1ccc(Oc2ccccc2-c2ccccc2Oc2ccc(C(C)=O)cc2)cc1. The number of carbonyl (C=O) groups excluding carboxylic acids is 2. The summed E-state index contributed by atoms with van der Waals surface area (Å²) in [4.78, 5) is 23.0. The fourth-order valence-corrected chi connectivity index (χ4v) is 3.33. The number of Topliss-reactive ketones (excluding diaryl/α,β-unsaturated/α-hetero) is 2. The van der Waals surface area contributed by atoms with Crippen LogP contribution in [-0.4, -0.2) is 11.6 Å². The van der Waals surface area contributed by atoms with Gasteiger partial charge in [0.15, 0.2) is 11.6 Å². The molecule has 4 nitrogen and oxygen atoms in total. The van der Waals surface area contributed by atoms with Crippen LogP contribution in [0.2, 0.25) is 0 Å². The molecule has 0 aliphatic rings.